The van der Waals surface area contributed by atoms with Crippen molar-refractivity contribution < 1.29 is 22.7 Å². The van der Waals surface area contributed by atoms with Crippen molar-refractivity contribution >= 4 is 6.03 Å². The summed E-state index contributed by atoms with van der Waals surface area (Å²) in [5.41, 5.74) is -0.988. The number of aromatic nitrogens is 1. The minimum Gasteiger partial charge on any atom is -0.471 e. The van der Waals surface area contributed by atoms with E-state index in [1.807, 2.05) is 13.8 Å². The second kappa shape index (κ2) is 7.06. The smallest absolute Gasteiger partial charge is 0.433 e. The van der Waals surface area contributed by atoms with E-state index in [0.29, 0.717) is 13.1 Å². The molecule has 23 heavy (non-hydrogen) atoms. The zero-order valence-corrected chi connectivity index (χ0v) is 13.1. The van der Waals surface area contributed by atoms with E-state index < -0.39 is 11.9 Å². The predicted molar refractivity (Wildman–Crippen MR) is 78.1 cm³/mol. The molecule has 0 saturated carbocycles. The van der Waals surface area contributed by atoms with Crippen molar-refractivity contribution in [1.82, 2.24) is 15.2 Å². The summed E-state index contributed by atoms with van der Waals surface area (Å²) in [6.45, 7) is 4.67. The van der Waals surface area contributed by atoms with Crippen LogP contribution in [0.5, 0.6) is 5.88 Å². The van der Waals surface area contributed by atoms with Crippen LogP contribution in [0.15, 0.2) is 18.2 Å². The molecule has 0 aromatic carbocycles. The van der Waals surface area contributed by atoms with Crippen LogP contribution in [-0.2, 0) is 6.18 Å². The van der Waals surface area contributed by atoms with E-state index >= 15 is 0 Å². The topological polar surface area (TPSA) is 54.5 Å². The zero-order chi connectivity index (χ0) is 17.0. The van der Waals surface area contributed by atoms with Gasteiger partial charge < -0.3 is 15.0 Å². The summed E-state index contributed by atoms with van der Waals surface area (Å²) in [5, 5.41) is 2.90. The molecule has 0 spiro atoms. The van der Waals surface area contributed by atoms with Crippen molar-refractivity contribution in [3.63, 3.8) is 0 Å². The number of hydrogen-bond donors (Lipinski definition) is 1. The Kier molecular flexibility index (Phi) is 5.33. The molecule has 5 nitrogen and oxygen atoms in total. The summed E-state index contributed by atoms with van der Waals surface area (Å²) in [6.07, 6.45) is -3.13. The van der Waals surface area contributed by atoms with Crippen LogP contribution in [0.1, 0.15) is 32.4 Å². The van der Waals surface area contributed by atoms with E-state index in [1.165, 1.54) is 12.1 Å². The molecule has 0 radical (unpaired) electrons. The summed E-state index contributed by atoms with van der Waals surface area (Å²) in [6, 6.07) is 3.48. The fraction of sp³-hybridized carbons (Fsp3) is 0.600. The molecule has 1 aliphatic rings. The highest BCUT2D eigenvalue weighted by atomic mass is 19.4. The minimum atomic E-state index is -4.50. The Morgan fingerprint density at radius 2 is 2.04 bits per heavy atom. The van der Waals surface area contributed by atoms with Crippen LogP contribution in [0.3, 0.4) is 0 Å². The highest BCUT2D eigenvalue weighted by Gasteiger charge is 2.35. The molecule has 1 aromatic rings. The molecular weight excluding hydrogens is 311 g/mol. The lowest BCUT2D eigenvalue weighted by molar-refractivity contribution is -0.141. The number of likely N-dealkylation sites (tertiary alicyclic amines) is 1. The molecular formula is C15H20F3N3O2. The first-order valence-corrected chi connectivity index (χ1v) is 7.59. The summed E-state index contributed by atoms with van der Waals surface area (Å²) >= 11 is 0. The lowest BCUT2D eigenvalue weighted by atomic mass is 10.1. The Balaban J connectivity index is 1.83. The van der Waals surface area contributed by atoms with Crippen LogP contribution in [0.4, 0.5) is 18.0 Å². The largest absolute Gasteiger partial charge is 0.471 e. The van der Waals surface area contributed by atoms with Crippen LogP contribution in [0.25, 0.3) is 0 Å². The molecule has 0 atom stereocenters. The molecule has 8 heteroatoms. The summed E-state index contributed by atoms with van der Waals surface area (Å²) < 4.78 is 43.1. The predicted octanol–water partition coefficient (Wildman–Crippen LogP) is 3.06. The van der Waals surface area contributed by atoms with Gasteiger partial charge in [-0.1, -0.05) is 19.9 Å². The molecule has 1 saturated heterocycles. The van der Waals surface area contributed by atoms with Gasteiger partial charge in [0.15, 0.2) is 0 Å². The van der Waals surface area contributed by atoms with Gasteiger partial charge in [-0.05, 0) is 18.9 Å². The normalized spacial score (nSPS) is 15.5. The van der Waals surface area contributed by atoms with Gasteiger partial charge in [0.1, 0.15) is 11.8 Å². The maximum absolute atomic E-state index is 12.6. The first kappa shape index (κ1) is 17.4. The van der Waals surface area contributed by atoms with Crippen LogP contribution in [-0.4, -0.2) is 41.2 Å². The number of halogens is 3. The fourth-order valence-electron chi connectivity index (χ4n) is 2.25. The van der Waals surface area contributed by atoms with Crippen molar-refractivity contribution in [2.75, 3.05) is 13.1 Å². The third kappa shape index (κ3) is 4.49. The maximum atomic E-state index is 12.6. The fourth-order valence-corrected chi connectivity index (χ4v) is 2.25. The summed E-state index contributed by atoms with van der Waals surface area (Å²) in [5.74, 6) is -0.0788. The average molecular weight is 331 g/mol. The van der Waals surface area contributed by atoms with E-state index in [9.17, 15) is 18.0 Å². The van der Waals surface area contributed by atoms with E-state index in [2.05, 4.69) is 10.3 Å². The van der Waals surface area contributed by atoms with E-state index in [-0.39, 0.29) is 24.1 Å². The van der Waals surface area contributed by atoms with E-state index in [1.54, 1.807) is 4.90 Å². The van der Waals surface area contributed by atoms with Crippen LogP contribution in [0, 0.1) is 0 Å². The van der Waals surface area contributed by atoms with Gasteiger partial charge in [-0.25, -0.2) is 9.78 Å². The molecule has 128 valence electrons. The third-order valence-electron chi connectivity index (χ3n) is 3.75. The molecule has 1 fully saturated rings. The summed E-state index contributed by atoms with van der Waals surface area (Å²) in [7, 11) is 0. The molecule has 0 unspecified atom stereocenters. The minimum absolute atomic E-state index is 0.0788. The van der Waals surface area contributed by atoms with Gasteiger partial charge in [-0.2, -0.15) is 13.2 Å². The molecule has 1 aromatic heterocycles. The monoisotopic (exact) mass is 331 g/mol. The third-order valence-corrected chi connectivity index (χ3v) is 3.75. The number of rotatable bonds is 5. The van der Waals surface area contributed by atoms with Crippen LogP contribution in [0.2, 0.25) is 0 Å². The number of alkyl halides is 3. The molecule has 0 aliphatic carbocycles. The van der Waals surface area contributed by atoms with Gasteiger partial charge >= 0.3 is 12.2 Å². The Hall–Kier alpha value is -1.99. The molecule has 1 N–H and O–H groups in total. The highest BCUT2D eigenvalue weighted by molar-refractivity contribution is 5.75. The second-order valence-corrected chi connectivity index (χ2v) is 5.47. The highest BCUT2D eigenvalue weighted by Crippen LogP contribution is 2.29. The molecule has 2 amide bonds. The van der Waals surface area contributed by atoms with E-state index in [4.69, 9.17) is 4.74 Å². The number of carbonyl (C=O) groups excluding carboxylic acids is 1. The first-order chi connectivity index (χ1) is 10.8. The van der Waals surface area contributed by atoms with E-state index in [0.717, 1.165) is 18.9 Å². The van der Waals surface area contributed by atoms with Gasteiger partial charge in [-0.3, -0.25) is 0 Å². The maximum Gasteiger partial charge on any atom is 0.433 e. The molecule has 0 bridgehead atoms. The number of ether oxygens (including phenoxy) is 1. The SMILES string of the molecule is CCC(CC)NC(=O)N1CC(Oc2cccc(C(F)(F)F)n2)C1. The zero-order valence-electron chi connectivity index (χ0n) is 13.1. The van der Waals surface area contributed by atoms with Crippen molar-refractivity contribution in [3.05, 3.63) is 23.9 Å². The molecule has 2 rings (SSSR count). The van der Waals surface area contributed by atoms with Crippen molar-refractivity contribution in [2.24, 2.45) is 0 Å². The number of nitrogens with one attached hydrogen (secondary N) is 1. The van der Waals surface area contributed by atoms with Gasteiger partial charge in [0.2, 0.25) is 5.88 Å². The second-order valence-electron chi connectivity index (χ2n) is 5.47. The lowest BCUT2D eigenvalue weighted by Gasteiger charge is -2.39. The number of pyridine rings is 1. The van der Waals surface area contributed by atoms with Gasteiger partial charge in [0.25, 0.3) is 0 Å². The Bertz CT molecular complexity index is 541. The first-order valence-electron chi connectivity index (χ1n) is 7.59. The Morgan fingerprint density at radius 3 is 2.61 bits per heavy atom. The number of nitrogens with zero attached hydrogens (tertiary/aromatic N) is 2. The standard InChI is InChI=1S/C15H20F3N3O2/c1-3-10(4-2)19-14(22)21-8-11(9-21)23-13-7-5-6-12(20-13)15(16,17)18/h5-7,10-11H,3-4,8-9H2,1-2H3,(H,19,22). The van der Waals surface area contributed by atoms with Crippen molar-refractivity contribution in [1.29, 1.82) is 0 Å². The Labute approximate surface area is 132 Å². The number of urea groups is 1. The number of hydrogen-bond acceptors (Lipinski definition) is 3. The van der Waals surface area contributed by atoms with Crippen molar-refractivity contribution in [2.45, 2.75) is 45.0 Å². The van der Waals surface area contributed by atoms with Gasteiger partial charge in [0.05, 0.1) is 13.1 Å². The number of carbonyl (C=O) groups is 1. The van der Waals surface area contributed by atoms with Crippen LogP contribution >= 0.6 is 0 Å². The van der Waals surface area contributed by atoms with Crippen molar-refractivity contribution in [3.8, 4) is 5.88 Å². The quantitative estimate of drug-likeness (QED) is 0.902. The molecule has 2 heterocycles. The Morgan fingerprint density at radius 1 is 1.39 bits per heavy atom. The van der Waals surface area contributed by atoms with Gasteiger partial charge in [-0.15, -0.1) is 0 Å². The molecule has 1 aliphatic heterocycles. The van der Waals surface area contributed by atoms with Crippen LogP contribution < -0.4 is 10.1 Å². The summed E-state index contributed by atoms with van der Waals surface area (Å²) in [4.78, 5) is 16.9. The van der Waals surface area contributed by atoms with Gasteiger partial charge in [0, 0.05) is 12.1 Å². The number of amides is 2. The average Bonchev–Trinajstić information content (AvgIpc) is 2.47. The lowest BCUT2D eigenvalue weighted by Crippen LogP contribution is -2.60.